The maximum absolute atomic E-state index is 4.82. The average molecular weight is 230 g/mol. The lowest BCUT2D eigenvalue weighted by molar-refractivity contribution is 0.402. The normalized spacial score (nSPS) is 12.5. The zero-order valence-corrected chi connectivity index (χ0v) is 10.1. The lowest BCUT2D eigenvalue weighted by atomic mass is 10.0. The Morgan fingerprint density at radius 1 is 1.24 bits per heavy atom. The van der Waals surface area contributed by atoms with Crippen LogP contribution in [0.2, 0.25) is 0 Å². The van der Waals surface area contributed by atoms with Crippen molar-refractivity contribution in [1.29, 1.82) is 0 Å². The Balaban J connectivity index is 1.98. The molecule has 1 heterocycles. The summed E-state index contributed by atoms with van der Waals surface area (Å²) in [5, 5.41) is 7.42. The summed E-state index contributed by atoms with van der Waals surface area (Å²) in [6, 6.07) is 12.8. The Bertz CT molecular complexity index is 411. The molecule has 0 amide bonds. The van der Waals surface area contributed by atoms with Gasteiger partial charge < -0.3 is 9.84 Å². The van der Waals surface area contributed by atoms with Crippen molar-refractivity contribution in [2.75, 3.05) is 0 Å². The number of aromatic nitrogens is 1. The van der Waals surface area contributed by atoms with Crippen molar-refractivity contribution < 1.29 is 4.52 Å². The van der Waals surface area contributed by atoms with Crippen molar-refractivity contribution in [2.45, 2.75) is 32.4 Å². The summed E-state index contributed by atoms with van der Waals surface area (Å²) in [5.41, 5.74) is 2.28. The van der Waals surface area contributed by atoms with Crippen molar-refractivity contribution in [3.05, 3.63) is 53.9 Å². The van der Waals surface area contributed by atoms with Gasteiger partial charge in [0.2, 0.25) is 0 Å². The number of hydrogen-bond acceptors (Lipinski definition) is 3. The van der Waals surface area contributed by atoms with Gasteiger partial charge in [-0.1, -0.05) is 48.8 Å². The predicted octanol–water partition coefficient (Wildman–Crippen LogP) is 3.31. The van der Waals surface area contributed by atoms with E-state index >= 15 is 0 Å². The van der Waals surface area contributed by atoms with Gasteiger partial charge in [0, 0.05) is 18.7 Å². The minimum Gasteiger partial charge on any atom is -0.364 e. The number of nitrogens with one attached hydrogen (secondary N) is 1. The average Bonchev–Trinajstić information content (AvgIpc) is 2.88. The number of rotatable bonds is 6. The summed E-state index contributed by atoms with van der Waals surface area (Å²) >= 11 is 0. The second-order valence-corrected chi connectivity index (χ2v) is 4.12. The zero-order chi connectivity index (χ0) is 11.9. The highest BCUT2D eigenvalue weighted by atomic mass is 16.5. The molecule has 3 nitrogen and oxygen atoms in total. The van der Waals surface area contributed by atoms with Gasteiger partial charge in [0.1, 0.15) is 6.26 Å². The molecule has 0 saturated carbocycles. The van der Waals surface area contributed by atoms with E-state index in [1.807, 2.05) is 12.1 Å². The van der Waals surface area contributed by atoms with E-state index < -0.39 is 0 Å². The topological polar surface area (TPSA) is 38.1 Å². The fraction of sp³-hybridized carbons (Fsp3) is 0.357. The van der Waals surface area contributed by atoms with Gasteiger partial charge in [-0.25, -0.2) is 0 Å². The molecule has 0 radical (unpaired) electrons. The SMILES string of the molecule is CCCC(NCc1ccon1)c1ccccc1. The highest BCUT2D eigenvalue weighted by Crippen LogP contribution is 2.18. The maximum Gasteiger partial charge on any atom is 0.124 e. The fourth-order valence-electron chi connectivity index (χ4n) is 1.92. The zero-order valence-electron chi connectivity index (χ0n) is 10.1. The van der Waals surface area contributed by atoms with Crippen LogP contribution in [0.3, 0.4) is 0 Å². The van der Waals surface area contributed by atoms with Crippen LogP contribution in [0.5, 0.6) is 0 Å². The Kier molecular flexibility index (Phi) is 4.33. The Morgan fingerprint density at radius 3 is 2.71 bits per heavy atom. The van der Waals surface area contributed by atoms with Gasteiger partial charge >= 0.3 is 0 Å². The second-order valence-electron chi connectivity index (χ2n) is 4.12. The van der Waals surface area contributed by atoms with Gasteiger partial charge in [0.15, 0.2) is 0 Å². The van der Waals surface area contributed by atoms with Crippen LogP contribution >= 0.6 is 0 Å². The lowest BCUT2D eigenvalue weighted by Crippen LogP contribution is -2.20. The fourth-order valence-corrected chi connectivity index (χ4v) is 1.92. The summed E-state index contributed by atoms with van der Waals surface area (Å²) in [6.07, 6.45) is 3.89. The third kappa shape index (κ3) is 3.43. The van der Waals surface area contributed by atoms with E-state index in [1.54, 1.807) is 6.26 Å². The van der Waals surface area contributed by atoms with Crippen LogP contribution in [0, 0.1) is 0 Å². The van der Waals surface area contributed by atoms with Crippen molar-refractivity contribution in [3.8, 4) is 0 Å². The van der Waals surface area contributed by atoms with Crippen molar-refractivity contribution in [1.82, 2.24) is 10.5 Å². The van der Waals surface area contributed by atoms with Gasteiger partial charge in [0.25, 0.3) is 0 Å². The molecule has 1 N–H and O–H groups in total. The third-order valence-electron chi connectivity index (χ3n) is 2.80. The standard InChI is InChI=1S/C14H18N2O/c1-2-6-14(12-7-4-3-5-8-12)15-11-13-9-10-17-16-13/h3-5,7-10,14-15H,2,6,11H2,1H3. The predicted molar refractivity (Wildman–Crippen MR) is 67.4 cm³/mol. The van der Waals surface area contributed by atoms with Gasteiger partial charge in [-0.2, -0.15) is 0 Å². The van der Waals surface area contributed by atoms with Crippen LogP contribution in [0.15, 0.2) is 47.2 Å². The number of benzene rings is 1. The molecule has 0 saturated heterocycles. The molecular formula is C14H18N2O. The minimum absolute atomic E-state index is 0.387. The monoisotopic (exact) mass is 230 g/mol. The molecule has 2 aromatic rings. The highest BCUT2D eigenvalue weighted by molar-refractivity contribution is 5.18. The first-order chi connectivity index (χ1) is 8.40. The van der Waals surface area contributed by atoms with E-state index in [-0.39, 0.29) is 0 Å². The van der Waals surface area contributed by atoms with Crippen molar-refractivity contribution >= 4 is 0 Å². The first-order valence-electron chi connectivity index (χ1n) is 6.07. The largest absolute Gasteiger partial charge is 0.364 e. The van der Waals surface area contributed by atoms with E-state index in [0.717, 1.165) is 25.1 Å². The molecule has 0 aliphatic carbocycles. The Labute approximate surface area is 102 Å². The van der Waals surface area contributed by atoms with Crippen LogP contribution in [-0.2, 0) is 6.54 Å². The molecule has 1 aromatic heterocycles. The molecule has 17 heavy (non-hydrogen) atoms. The quantitative estimate of drug-likeness (QED) is 0.827. The molecule has 0 aliphatic rings. The van der Waals surface area contributed by atoms with Gasteiger partial charge in [0.05, 0.1) is 5.69 Å². The molecule has 1 atom stereocenters. The van der Waals surface area contributed by atoms with Gasteiger partial charge in [-0.15, -0.1) is 0 Å². The van der Waals surface area contributed by atoms with Crippen molar-refractivity contribution in [2.24, 2.45) is 0 Å². The van der Waals surface area contributed by atoms with Crippen LogP contribution < -0.4 is 5.32 Å². The molecule has 1 aromatic carbocycles. The van der Waals surface area contributed by atoms with Crippen LogP contribution in [0.25, 0.3) is 0 Å². The highest BCUT2D eigenvalue weighted by Gasteiger charge is 2.09. The molecule has 0 fully saturated rings. The molecule has 0 spiro atoms. The second kappa shape index (κ2) is 6.21. The van der Waals surface area contributed by atoms with E-state index in [9.17, 15) is 0 Å². The Hall–Kier alpha value is -1.61. The van der Waals surface area contributed by atoms with Crippen LogP contribution in [0.1, 0.15) is 37.1 Å². The van der Waals surface area contributed by atoms with Gasteiger partial charge in [-0.3, -0.25) is 0 Å². The van der Waals surface area contributed by atoms with Crippen LogP contribution in [-0.4, -0.2) is 5.16 Å². The molecule has 0 aliphatic heterocycles. The minimum atomic E-state index is 0.387. The third-order valence-corrected chi connectivity index (χ3v) is 2.80. The summed E-state index contributed by atoms with van der Waals surface area (Å²) in [5.74, 6) is 0. The number of hydrogen-bond donors (Lipinski definition) is 1. The molecule has 0 bridgehead atoms. The summed E-state index contributed by atoms with van der Waals surface area (Å²) in [6.45, 7) is 2.95. The summed E-state index contributed by atoms with van der Waals surface area (Å²) in [7, 11) is 0. The molecular weight excluding hydrogens is 212 g/mol. The first kappa shape index (κ1) is 11.9. The Morgan fingerprint density at radius 2 is 2.06 bits per heavy atom. The molecule has 2 rings (SSSR count). The van der Waals surface area contributed by atoms with E-state index in [1.165, 1.54) is 5.56 Å². The van der Waals surface area contributed by atoms with E-state index in [0.29, 0.717) is 6.04 Å². The lowest BCUT2D eigenvalue weighted by Gasteiger charge is -2.17. The summed E-state index contributed by atoms with van der Waals surface area (Å²) < 4.78 is 4.82. The molecule has 1 unspecified atom stereocenters. The summed E-state index contributed by atoms with van der Waals surface area (Å²) in [4.78, 5) is 0. The maximum atomic E-state index is 4.82. The van der Waals surface area contributed by atoms with E-state index in [2.05, 4.69) is 41.7 Å². The molecule has 3 heteroatoms. The van der Waals surface area contributed by atoms with Crippen LogP contribution in [0.4, 0.5) is 0 Å². The first-order valence-corrected chi connectivity index (χ1v) is 6.07. The number of nitrogens with zero attached hydrogens (tertiary/aromatic N) is 1. The van der Waals surface area contributed by atoms with Gasteiger partial charge in [-0.05, 0) is 12.0 Å². The van der Waals surface area contributed by atoms with Crippen molar-refractivity contribution in [3.63, 3.8) is 0 Å². The molecule has 90 valence electrons. The smallest absolute Gasteiger partial charge is 0.124 e. The van der Waals surface area contributed by atoms with E-state index in [4.69, 9.17) is 4.52 Å².